The van der Waals surface area contributed by atoms with E-state index in [1.807, 2.05) is 31.5 Å². The molecule has 12 heteroatoms. The monoisotopic (exact) mass is 587 g/mol. The Balaban J connectivity index is 0.000000350. The van der Waals surface area contributed by atoms with Gasteiger partial charge in [0.15, 0.2) is 0 Å². The van der Waals surface area contributed by atoms with Crippen LogP contribution in [0.25, 0.3) is 5.73 Å². The first-order chi connectivity index (χ1) is 16.6. The Bertz CT molecular complexity index is 1220. The van der Waals surface area contributed by atoms with Gasteiger partial charge in [0.1, 0.15) is 11.7 Å². The molecule has 1 radical (unpaired) electrons. The molecule has 2 aliphatic heterocycles. The van der Waals surface area contributed by atoms with Gasteiger partial charge in [-0.15, -0.1) is 6.54 Å². The van der Waals surface area contributed by atoms with Crippen LogP contribution in [0.5, 0.6) is 0 Å². The number of hydrogen-bond acceptors (Lipinski definition) is 7. The van der Waals surface area contributed by atoms with Crippen molar-refractivity contribution in [2.75, 3.05) is 10.8 Å². The van der Waals surface area contributed by atoms with Crippen molar-refractivity contribution in [2.45, 2.75) is 39.3 Å². The van der Waals surface area contributed by atoms with E-state index in [1.165, 1.54) is 0 Å². The molecule has 0 aromatic heterocycles. The molecule has 1 fully saturated rings. The number of halogens is 1. The van der Waals surface area contributed by atoms with Gasteiger partial charge in [-0.1, -0.05) is 29.3 Å². The number of aryl methyl sites for hydroxylation is 2. The molecule has 1 saturated heterocycles. The Labute approximate surface area is 238 Å². The summed E-state index contributed by atoms with van der Waals surface area (Å²) < 4.78 is 0. The molecule has 1 atom stereocenters. The first-order valence-electron chi connectivity index (χ1n) is 10.7. The SMILES string of the molecule is Cc1cc(C[NH-])cc(NC2=CC(=O)N(C3CCC(=O)NC3=O)C2=O)c1.Cc1ccc(NO)cc1Cl.[Y]. The molecule has 187 valence electrons. The fourth-order valence-corrected chi connectivity index (χ4v) is 3.83. The number of rotatable bonds is 5. The minimum Gasteiger partial charge on any atom is -0.674 e. The molecule has 1 unspecified atom stereocenters. The number of piperidine rings is 1. The van der Waals surface area contributed by atoms with E-state index in [9.17, 15) is 19.2 Å². The largest absolute Gasteiger partial charge is 0.674 e. The van der Waals surface area contributed by atoms with Gasteiger partial charge in [-0.25, -0.2) is 0 Å². The number of nitrogens with one attached hydrogen (secondary N) is 4. The summed E-state index contributed by atoms with van der Waals surface area (Å²) in [5, 5.41) is 14.1. The first kappa shape index (κ1) is 29.6. The number of nitrogens with zero attached hydrogens (tertiary/aromatic N) is 1. The van der Waals surface area contributed by atoms with E-state index >= 15 is 0 Å². The van der Waals surface area contributed by atoms with Gasteiger partial charge in [-0.2, -0.15) is 0 Å². The van der Waals surface area contributed by atoms with Crippen LogP contribution in [0.3, 0.4) is 0 Å². The maximum absolute atomic E-state index is 12.6. The van der Waals surface area contributed by atoms with Gasteiger partial charge in [0.05, 0.1) is 5.69 Å². The summed E-state index contributed by atoms with van der Waals surface area (Å²) in [4.78, 5) is 48.8. The normalized spacial score (nSPS) is 17.0. The fourth-order valence-electron chi connectivity index (χ4n) is 3.65. The molecule has 0 aliphatic carbocycles. The second kappa shape index (κ2) is 13.1. The van der Waals surface area contributed by atoms with Gasteiger partial charge in [0, 0.05) is 55.9 Å². The molecule has 2 aromatic carbocycles. The Kier molecular flexibility index (Phi) is 10.7. The van der Waals surface area contributed by atoms with Crippen molar-refractivity contribution >= 4 is 46.6 Å². The van der Waals surface area contributed by atoms with Gasteiger partial charge in [0.2, 0.25) is 11.8 Å². The average Bonchev–Trinajstić information content (AvgIpc) is 3.08. The zero-order chi connectivity index (χ0) is 25.7. The minimum absolute atomic E-state index is 0. The van der Waals surface area contributed by atoms with E-state index in [0.717, 1.165) is 27.7 Å². The summed E-state index contributed by atoms with van der Waals surface area (Å²) in [7, 11) is 0. The molecule has 5 N–H and O–H groups in total. The van der Waals surface area contributed by atoms with E-state index < -0.39 is 29.7 Å². The molecule has 4 amide bonds. The molecular weight excluding hydrogens is 563 g/mol. The van der Waals surface area contributed by atoms with Crippen molar-refractivity contribution < 1.29 is 57.1 Å². The second-order valence-corrected chi connectivity index (χ2v) is 8.53. The van der Waals surface area contributed by atoms with Crippen LogP contribution in [0.2, 0.25) is 5.02 Å². The van der Waals surface area contributed by atoms with Gasteiger partial charge in [-0.05, 0) is 55.7 Å². The maximum atomic E-state index is 12.6. The maximum Gasteiger partial charge on any atom is 0.278 e. The molecule has 2 heterocycles. The van der Waals surface area contributed by atoms with Gasteiger partial charge < -0.3 is 11.1 Å². The zero-order valence-corrected chi connectivity index (χ0v) is 23.3. The van der Waals surface area contributed by atoms with Crippen LogP contribution >= 0.6 is 11.6 Å². The standard InChI is InChI=1S/C17H17N4O4.C7H8ClNO.Y/c1-9-4-10(8-18)6-11(5-9)19-12-7-15(23)21(17(12)25)13-2-3-14(22)20-16(13)24;1-5-2-3-6(9-10)4-7(5)8;/h4-7,13,18-19H,2-3,8H2,1H3,(H,20,22,24);2-4,9-10H,1H3;/q-1;;. The van der Waals surface area contributed by atoms with Crippen molar-refractivity contribution in [3.05, 3.63) is 75.6 Å². The number of imide groups is 2. The van der Waals surface area contributed by atoms with Crippen LogP contribution in [0.4, 0.5) is 11.4 Å². The van der Waals surface area contributed by atoms with E-state index in [1.54, 1.807) is 24.3 Å². The summed E-state index contributed by atoms with van der Waals surface area (Å²) in [6, 6.07) is 9.66. The number of benzene rings is 2. The molecule has 36 heavy (non-hydrogen) atoms. The second-order valence-electron chi connectivity index (χ2n) is 8.12. The molecule has 0 spiro atoms. The molecule has 10 nitrogen and oxygen atoms in total. The van der Waals surface area contributed by atoms with Gasteiger partial charge in [0.25, 0.3) is 11.8 Å². The molecule has 0 saturated carbocycles. The summed E-state index contributed by atoms with van der Waals surface area (Å²) in [6.45, 7) is 3.88. The summed E-state index contributed by atoms with van der Waals surface area (Å²) in [6.07, 6.45) is 1.35. The molecule has 0 bridgehead atoms. The van der Waals surface area contributed by atoms with Crippen molar-refractivity contribution in [2.24, 2.45) is 0 Å². The van der Waals surface area contributed by atoms with Crippen molar-refractivity contribution in [3.8, 4) is 0 Å². The number of anilines is 2. The summed E-state index contributed by atoms with van der Waals surface area (Å²) in [5.41, 5.74) is 13.4. The minimum atomic E-state index is -0.977. The van der Waals surface area contributed by atoms with Crippen molar-refractivity contribution in [1.82, 2.24) is 10.2 Å². The predicted octanol–water partition coefficient (Wildman–Crippen LogP) is 3.46. The van der Waals surface area contributed by atoms with E-state index in [0.29, 0.717) is 16.4 Å². The fraction of sp³-hybridized carbons (Fsp3) is 0.250. The number of carbonyl (C=O) groups excluding carboxylic acids is 4. The first-order valence-corrected chi connectivity index (χ1v) is 11.1. The average molecular weight is 588 g/mol. The van der Waals surface area contributed by atoms with E-state index in [-0.39, 0.29) is 57.8 Å². The Morgan fingerprint density at radius 3 is 2.44 bits per heavy atom. The van der Waals surface area contributed by atoms with E-state index in [2.05, 4.69) is 10.6 Å². The summed E-state index contributed by atoms with van der Waals surface area (Å²) >= 11 is 5.74. The third kappa shape index (κ3) is 7.21. The number of amides is 4. The van der Waals surface area contributed by atoms with Crippen LogP contribution in [0.1, 0.15) is 29.5 Å². The topological polar surface area (TPSA) is 152 Å². The predicted molar refractivity (Wildman–Crippen MR) is 131 cm³/mol. The van der Waals surface area contributed by atoms with Crippen LogP contribution in [-0.2, 0) is 58.4 Å². The van der Waals surface area contributed by atoms with E-state index in [4.69, 9.17) is 22.5 Å². The van der Waals surface area contributed by atoms with Crippen molar-refractivity contribution in [3.63, 3.8) is 0 Å². The van der Waals surface area contributed by atoms with Gasteiger partial charge in [-0.3, -0.25) is 40.1 Å². The molecule has 4 rings (SSSR count). The molecular formula is C24H25ClN5O5Y-. The van der Waals surface area contributed by atoms with Crippen molar-refractivity contribution in [1.29, 1.82) is 0 Å². The van der Waals surface area contributed by atoms with Gasteiger partial charge >= 0.3 is 0 Å². The Morgan fingerprint density at radius 2 is 1.83 bits per heavy atom. The van der Waals surface area contributed by atoms with Crippen LogP contribution in [0.15, 0.2) is 48.2 Å². The van der Waals surface area contributed by atoms with Crippen LogP contribution in [-0.4, -0.2) is 39.8 Å². The smallest absolute Gasteiger partial charge is 0.278 e. The van der Waals surface area contributed by atoms with Crippen LogP contribution < -0.4 is 16.1 Å². The summed E-state index contributed by atoms with van der Waals surface area (Å²) in [5.74, 6) is -2.24. The zero-order valence-electron chi connectivity index (χ0n) is 19.7. The third-order valence-electron chi connectivity index (χ3n) is 5.40. The number of hydrogen-bond donors (Lipinski definition) is 4. The molecule has 2 aromatic rings. The third-order valence-corrected chi connectivity index (χ3v) is 5.80. The quantitative estimate of drug-likeness (QED) is 0.309. The Morgan fingerprint density at radius 1 is 1.11 bits per heavy atom. The number of carbonyl (C=O) groups is 4. The molecule has 2 aliphatic rings. The van der Waals surface area contributed by atoms with Crippen LogP contribution in [0, 0.1) is 13.8 Å². The Hall–Kier alpha value is -2.63.